The zero-order valence-electron chi connectivity index (χ0n) is 15.9. The lowest BCUT2D eigenvalue weighted by Crippen LogP contribution is -2.15. The van der Waals surface area contributed by atoms with Crippen molar-refractivity contribution in [3.63, 3.8) is 0 Å². The van der Waals surface area contributed by atoms with E-state index in [0.717, 1.165) is 47.7 Å². The smallest absolute Gasteiger partial charge is 0.229 e. The minimum Gasteiger partial charge on any atom is -0.310 e. The highest BCUT2D eigenvalue weighted by molar-refractivity contribution is 5.96. The van der Waals surface area contributed by atoms with Crippen LogP contribution in [0.2, 0.25) is 0 Å². The van der Waals surface area contributed by atoms with Gasteiger partial charge in [0, 0.05) is 35.3 Å². The van der Waals surface area contributed by atoms with Gasteiger partial charge in [0.25, 0.3) is 0 Å². The first kappa shape index (κ1) is 16.7. The minimum atomic E-state index is -0.308. The number of amides is 1. The molecule has 3 aliphatic rings. The Morgan fingerprint density at radius 2 is 2.03 bits per heavy atom. The van der Waals surface area contributed by atoms with Gasteiger partial charge in [-0.1, -0.05) is 18.2 Å². The molecule has 0 saturated heterocycles. The molecule has 3 saturated carbocycles. The maximum Gasteiger partial charge on any atom is 0.229 e. The van der Waals surface area contributed by atoms with Crippen molar-refractivity contribution in [2.45, 2.75) is 37.0 Å². The number of hydrogen-bond acceptors (Lipinski definition) is 4. The highest BCUT2D eigenvalue weighted by Gasteiger charge is 2.75. The van der Waals surface area contributed by atoms with E-state index in [1.165, 1.54) is 0 Å². The molecule has 2 unspecified atom stereocenters. The molecule has 5 nitrogen and oxygen atoms in total. The number of nitriles is 1. The Morgan fingerprint density at radius 3 is 2.76 bits per heavy atom. The van der Waals surface area contributed by atoms with Crippen LogP contribution in [-0.2, 0) is 10.2 Å². The SMILES string of the molecule is N#C[C@]1(c2ccc3cnc(NC(=O)C4CC4c4ccccn4)cc3c2)CC12CC2. The van der Waals surface area contributed by atoms with E-state index in [1.807, 2.05) is 30.3 Å². The summed E-state index contributed by atoms with van der Waals surface area (Å²) in [4.78, 5) is 21.4. The lowest BCUT2D eigenvalue weighted by molar-refractivity contribution is -0.117. The number of nitrogens with zero attached hydrogens (tertiary/aromatic N) is 3. The summed E-state index contributed by atoms with van der Waals surface area (Å²) in [5.41, 5.74) is 2.01. The number of fused-ring (bicyclic) bond motifs is 1. The molecule has 3 atom stereocenters. The lowest BCUT2D eigenvalue weighted by Gasteiger charge is -2.11. The molecular formula is C24H20N4O. The third-order valence-electron chi connectivity index (χ3n) is 7.09. The van der Waals surface area contributed by atoms with Crippen molar-refractivity contribution in [1.29, 1.82) is 5.26 Å². The van der Waals surface area contributed by atoms with E-state index < -0.39 is 0 Å². The predicted molar refractivity (Wildman–Crippen MR) is 109 cm³/mol. The van der Waals surface area contributed by atoms with Crippen LogP contribution in [0.4, 0.5) is 5.82 Å². The predicted octanol–water partition coefficient (Wildman–Crippen LogP) is 4.32. The Hall–Kier alpha value is -3.26. The standard InChI is InChI=1S/C24H20N4O/c25-14-24(13-23(24)6-7-23)17-5-4-15-12-27-21(10-16(15)9-17)28-22(29)19-11-18(19)20-3-1-2-8-26-20/h1-5,8-10,12,18-19H,6-7,11,13H2,(H,27,28,29)/t18?,19?,24-/m0/s1. The van der Waals surface area contributed by atoms with Gasteiger partial charge in [0.1, 0.15) is 5.82 Å². The van der Waals surface area contributed by atoms with Crippen LogP contribution in [-0.4, -0.2) is 15.9 Å². The van der Waals surface area contributed by atoms with Crippen LogP contribution in [0.1, 0.15) is 42.9 Å². The van der Waals surface area contributed by atoms with E-state index in [1.54, 1.807) is 12.4 Å². The summed E-state index contributed by atoms with van der Waals surface area (Å²) < 4.78 is 0. The monoisotopic (exact) mass is 380 g/mol. The van der Waals surface area contributed by atoms with Crippen LogP contribution in [0.3, 0.4) is 0 Å². The topological polar surface area (TPSA) is 78.7 Å². The van der Waals surface area contributed by atoms with E-state index in [2.05, 4.69) is 33.5 Å². The van der Waals surface area contributed by atoms with Crippen LogP contribution in [0.25, 0.3) is 10.8 Å². The first-order chi connectivity index (χ1) is 14.1. The molecule has 0 aliphatic heterocycles. The molecule has 29 heavy (non-hydrogen) atoms. The van der Waals surface area contributed by atoms with Crippen molar-refractivity contribution in [1.82, 2.24) is 9.97 Å². The molecule has 6 rings (SSSR count). The van der Waals surface area contributed by atoms with E-state index in [9.17, 15) is 10.1 Å². The molecule has 1 amide bonds. The third-order valence-corrected chi connectivity index (χ3v) is 7.09. The summed E-state index contributed by atoms with van der Waals surface area (Å²) in [6.07, 6.45) is 7.69. The van der Waals surface area contributed by atoms with Gasteiger partial charge in [0.05, 0.1) is 11.5 Å². The molecule has 1 spiro atoms. The number of aromatic nitrogens is 2. The Morgan fingerprint density at radius 1 is 1.14 bits per heavy atom. The maximum absolute atomic E-state index is 12.6. The number of benzene rings is 1. The molecule has 1 aromatic carbocycles. The fourth-order valence-corrected chi connectivity index (χ4v) is 4.95. The van der Waals surface area contributed by atoms with Crippen molar-refractivity contribution in [2.75, 3.05) is 5.32 Å². The zero-order valence-corrected chi connectivity index (χ0v) is 15.9. The first-order valence-electron chi connectivity index (χ1n) is 10.2. The quantitative estimate of drug-likeness (QED) is 0.731. The summed E-state index contributed by atoms with van der Waals surface area (Å²) in [7, 11) is 0. The largest absolute Gasteiger partial charge is 0.310 e. The third kappa shape index (κ3) is 2.49. The van der Waals surface area contributed by atoms with Crippen LogP contribution in [0, 0.1) is 22.7 Å². The van der Waals surface area contributed by atoms with Gasteiger partial charge in [-0.25, -0.2) is 4.98 Å². The number of carbonyl (C=O) groups is 1. The first-order valence-corrected chi connectivity index (χ1v) is 10.2. The number of anilines is 1. The van der Waals surface area contributed by atoms with E-state index in [0.29, 0.717) is 5.82 Å². The average Bonchev–Trinajstić information content (AvgIpc) is 3.66. The van der Waals surface area contributed by atoms with Crippen molar-refractivity contribution < 1.29 is 4.79 Å². The molecule has 0 bridgehead atoms. The highest BCUT2D eigenvalue weighted by Crippen LogP contribution is 2.78. The molecule has 2 aromatic heterocycles. The van der Waals surface area contributed by atoms with Crippen LogP contribution >= 0.6 is 0 Å². The van der Waals surface area contributed by atoms with Gasteiger partial charge < -0.3 is 5.32 Å². The molecular weight excluding hydrogens is 360 g/mol. The molecule has 3 aromatic rings. The average molecular weight is 380 g/mol. The van der Waals surface area contributed by atoms with Gasteiger partial charge in [-0.05, 0) is 66.3 Å². The minimum absolute atomic E-state index is 0.00345. The summed E-state index contributed by atoms with van der Waals surface area (Å²) in [5.74, 6) is 0.714. The molecule has 1 N–H and O–H groups in total. The second-order valence-corrected chi connectivity index (χ2v) is 8.80. The van der Waals surface area contributed by atoms with Crippen LogP contribution in [0.5, 0.6) is 0 Å². The van der Waals surface area contributed by atoms with Gasteiger partial charge in [-0.3, -0.25) is 9.78 Å². The Labute approximate surface area is 168 Å². The molecule has 142 valence electrons. The van der Waals surface area contributed by atoms with E-state index in [-0.39, 0.29) is 28.6 Å². The maximum atomic E-state index is 12.6. The highest BCUT2D eigenvalue weighted by atomic mass is 16.2. The Balaban J connectivity index is 1.23. The molecule has 3 fully saturated rings. The second-order valence-electron chi connectivity index (χ2n) is 8.80. The van der Waals surface area contributed by atoms with Gasteiger partial charge >= 0.3 is 0 Å². The number of nitrogens with one attached hydrogen (secondary N) is 1. The van der Waals surface area contributed by atoms with Crippen molar-refractivity contribution in [3.05, 3.63) is 66.1 Å². The Bertz CT molecular complexity index is 1190. The number of rotatable bonds is 4. The zero-order chi connectivity index (χ0) is 19.6. The second kappa shape index (κ2) is 5.64. The van der Waals surface area contributed by atoms with Gasteiger partial charge in [0.15, 0.2) is 0 Å². The molecule has 3 aliphatic carbocycles. The summed E-state index contributed by atoms with van der Waals surface area (Å²) in [5, 5.41) is 14.8. The summed E-state index contributed by atoms with van der Waals surface area (Å²) in [6, 6.07) is 16.5. The number of carbonyl (C=O) groups excluding carboxylic acids is 1. The fraction of sp³-hybridized carbons (Fsp3) is 0.333. The van der Waals surface area contributed by atoms with Crippen LogP contribution < -0.4 is 5.32 Å². The number of hydrogen-bond donors (Lipinski definition) is 1. The lowest BCUT2D eigenvalue weighted by atomic mass is 9.92. The van der Waals surface area contributed by atoms with Gasteiger partial charge in [-0.15, -0.1) is 0 Å². The fourth-order valence-electron chi connectivity index (χ4n) is 4.95. The summed E-state index contributed by atoms with van der Waals surface area (Å²) in [6.45, 7) is 0. The van der Waals surface area contributed by atoms with Crippen molar-refractivity contribution >= 4 is 22.5 Å². The van der Waals surface area contributed by atoms with Gasteiger partial charge in [-0.2, -0.15) is 5.26 Å². The van der Waals surface area contributed by atoms with E-state index >= 15 is 0 Å². The van der Waals surface area contributed by atoms with Crippen molar-refractivity contribution in [2.24, 2.45) is 11.3 Å². The normalized spacial score (nSPS) is 28.0. The Kier molecular flexibility index (Phi) is 3.24. The van der Waals surface area contributed by atoms with Gasteiger partial charge in [0.2, 0.25) is 5.91 Å². The molecule has 2 heterocycles. The van der Waals surface area contributed by atoms with Crippen molar-refractivity contribution in [3.8, 4) is 6.07 Å². The van der Waals surface area contributed by atoms with Crippen LogP contribution in [0.15, 0.2) is 54.9 Å². The molecule has 5 heteroatoms. The molecule has 0 radical (unpaired) electrons. The van der Waals surface area contributed by atoms with E-state index in [4.69, 9.17) is 0 Å². The summed E-state index contributed by atoms with van der Waals surface area (Å²) >= 11 is 0. The number of pyridine rings is 2.